The van der Waals surface area contributed by atoms with Gasteiger partial charge in [0.05, 0.1) is 29.6 Å². The summed E-state index contributed by atoms with van der Waals surface area (Å²) in [4.78, 5) is 25.0. The van der Waals surface area contributed by atoms with Gasteiger partial charge in [0.1, 0.15) is 5.82 Å². The molecule has 2 rings (SSSR count). The van der Waals surface area contributed by atoms with Crippen molar-refractivity contribution in [3.63, 3.8) is 0 Å². The van der Waals surface area contributed by atoms with Crippen molar-refractivity contribution in [3.8, 4) is 0 Å². The number of aryl methyl sites for hydroxylation is 1. The fourth-order valence-corrected chi connectivity index (χ4v) is 2.58. The Bertz CT molecular complexity index is 856. The molecule has 1 amide bonds. The number of hydrogen-bond acceptors (Lipinski definition) is 6. The predicted molar refractivity (Wildman–Crippen MR) is 98.6 cm³/mol. The third-order valence-electron chi connectivity index (χ3n) is 3.63. The highest BCUT2D eigenvalue weighted by atomic mass is 32.2. The number of carbonyl (C=O) groups excluding carboxylic acids is 1. The molecule has 1 aromatic carbocycles. The Morgan fingerprint density at radius 3 is 2.69 bits per heavy atom. The molecule has 0 saturated heterocycles. The van der Waals surface area contributed by atoms with Crippen molar-refractivity contribution in [2.24, 2.45) is 7.05 Å². The second-order valence-corrected chi connectivity index (χ2v) is 6.45. The minimum Gasteiger partial charge on any atom is -0.394 e. The lowest BCUT2D eigenvalue weighted by Crippen LogP contribution is -2.35. The minimum atomic E-state index is -1.10. The lowest BCUT2D eigenvalue weighted by atomic mass is 10.2. The van der Waals surface area contributed by atoms with Crippen LogP contribution < -0.4 is 16.2 Å². The summed E-state index contributed by atoms with van der Waals surface area (Å²) >= 11 is 1.39. The largest absolute Gasteiger partial charge is 0.394 e. The van der Waals surface area contributed by atoms with E-state index in [0.29, 0.717) is 0 Å². The van der Waals surface area contributed by atoms with Gasteiger partial charge in [0.15, 0.2) is 0 Å². The quantitative estimate of drug-likeness (QED) is 0.535. The molecular weight excluding hydrogens is 361 g/mol. The van der Waals surface area contributed by atoms with Gasteiger partial charge in [-0.25, -0.2) is 4.39 Å². The summed E-state index contributed by atoms with van der Waals surface area (Å²) in [6.07, 6.45) is 2.05. The summed E-state index contributed by atoms with van der Waals surface area (Å²) in [6, 6.07) is 5.79. The van der Waals surface area contributed by atoms with Crippen molar-refractivity contribution in [2.75, 3.05) is 24.7 Å². The van der Waals surface area contributed by atoms with Crippen LogP contribution in [-0.4, -0.2) is 46.2 Å². The number of rotatable bonds is 7. The molecule has 0 radical (unpaired) electrons. The van der Waals surface area contributed by atoms with E-state index < -0.39 is 24.4 Å². The first-order chi connectivity index (χ1) is 12.3. The van der Waals surface area contributed by atoms with Crippen LogP contribution in [0, 0.1) is 5.82 Å². The zero-order valence-corrected chi connectivity index (χ0v) is 15.1. The maximum atomic E-state index is 14.2. The molecular formula is C17H20FN3O4S. The van der Waals surface area contributed by atoms with Crippen molar-refractivity contribution in [1.82, 2.24) is 9.88 Å². The van der Waals surface area contributed by atoms with Crippen molar-refractivity contribution >= 4 is 29.0 Å². The van der Waals surface area contributed by atoms with Gasteiger partial charge >= 0.3 is 0 Å². The number of anilines is 2. The number of aliphatic hydroxyl groups is 2. The van der Waals surface area contributed by atoms with E-state index in [0.717, 1.165) is 4.90 Å². The number of pyridine rings is 1. The van der Waals surface area contributed by atoms with Crippen LogP contribution in [-0.2, 0) is 7.05 Å². The fraction of sp³-hybridized carbons (Fsp3) is 0.294. The number of hydrogen-bond donors (Lipinski definition) is 4. The zero-order valence-electron chi connectivity index (χ0n) is 14.3. The monoisotopic (exact) mass is 381 g/mol. The standard InChI is InChI=1S/C17H20FN3O4S/c1-21-8-12(17(25)19-7-10(23)9-22)15(6-16(21)24)20-14-4-3-11(26-2)5-13(14)18/h3-6,8,10,20,22-23H,7,9H2,1-2H3,(H,19,25). The molecule has 1 atom stereocenters. The van der Waals surface area contributed by atoms with E-state index in [4.69, 9.17) is 5.11 Å². The van der Waals surface area contributed by atoms with Crippen molar-refractivity contribution in [2.45, 2.75) is 11.0 Å². The average Bonchev–Trinajstić information content (AvgIpc) is 2.63. The number of benzene rings is 1. The number of nitrogens with zero attached hydrogens (tertiary/aromatic N) is 1. The summed E-state index contributed by atoms with van der Waals surface area (Å²) in [6.45, 7) is -0.653. The predicted octanol–water partition coefficient (Wildman–Crippen LogP) is 1.07. The second kappa shape index (κ2) is 8.84. The molecule has 2 aromatic rings. The van der Waals surface area contributed by atoms with E-state index in [2.05, 4.69) is 10.6 Å². The summed E-state index contributed by atoms with van der Waals surface area (Å²) in [5, 5.41) is 23.4. The molecule has 26 heavy (non-hydrogen) atoms. The third kappa shape index (κ3) is 4.84. The number of aliphatic hydroxyl groups excluding tert-OH is 2. The van der Waals surface area contributed by atoms with E-state index in [1.54, 1.807) is 6.07 Å². The molecule has 7 nitrogen and oxygen atoms in total. The van der Waals surface area contributed by atoms with Crippen LogP contribution in [0.25, 0.3) is 0 Å². The van der Waals surface area contributed by atoms with E-state index in [1.807, 2.05) is 6.26 Å². The van der Waals surface area contributed by atoms with Crippen molar-refractivity contribution in [1.29, 1.82) is 0 Å². The second-order valence-electron chi connectivity index (χ2n) is 5.57. The number of nitrogens with one attached hydrogen (secondary N) is 2. The first-order valence-corrected chi connectivity index (χ1v) is 8.96. The normalized spacial score (nSPS) is 11.9. The molecule has 0 aliphatic rings. The molecule has 0 bridgehead atoms. The molecule has 0 aliphatic carbocycles. The first kappa shape index (κ1) is 20.0. The summed E-state index contributed by atoms with van der Waals surface area (Å²) in [5.41, 5.74) is -0.00782. The van der Waals surface area contributed by atoms with E-state index in [1.165, 1.54) is 47.8 Å². The Balaban J connectivity index is 2.34. The van der Waals surface area contributed by atoms with E-state index >= 15 is 0 Å². The summed E-state index contributed by atoms with van der Waals surface area (Å²) in [7, 11) is 1.49. The smallest absolute Gasteiger partial charge is 0.254 e. The maximum absolute atomic E-state index is 14.2. The highest BCUT2D eigenvalue weighted by Crippen LogP contribution is 2.25. The van der Waals surface area contributed by atoms with E-state index in [-0.39, 0.29) is 29.0 Å². The van der Waals surface area contributed by atoms with Gasteiger partial charge in [0, 0.05) is 30.8 Å². The van der Waals surface area contributed by atoms with Crippen LogP contribution in [0.1, 0.15) is 10.4 Å². The number of amides is 1. The van der Waals surface area contributed by atoms with Crippen molar-refractivity contribution in [3.05, 3.63) is 52.2 Å². The van der Waals surface area contributed by atoms with Crippen LogP contribution in [0.2, 0.25) is 0 Å². The molecule has 0 spiro atoms. The molecule has 1 heterocycles. The number of halogens is 1. The Labute approximate surface area is 153 Å². The average molecular weight is 381 g/mol. The zero-order chi connectivity index (χ0) is 19.3. The van der Waals surface area contributed by atoms with Crippen molar-refractivity contribution < 1.29 is 19.4 Å². The van der Waals surface area contributed by atoms with Crippen LogP contribution in [0.15, 0.2) is 40.2 Å². The van der Waals surface area contributed by atoms with Gasteiger partial charge in [-0.3, -0.25) is 9.59 Å². The van der Waals surface area contributed by atoms with Gasteiger partial charge in [-0.1, -0.05) is 0 Å². The van der Waals surface area contributed by atoms with Gasteiger partial charge in [-0.05, 0) is 24.5 Å². The molecule has 0 saturated carbocycles. The van der Waals surface area contributed by atoms with Gasteiger partial charge in [0.25, 0.3) is 11.5 Å². The fourth-order valence-electron chi connectivity index (χ4n) is 2.15. The van der Waals surface area contributed by atoms with Crippen LogP contribution in [0.4, 0.5) is 15.8 Å². The number of carbonyl (C=O) groups is 1. The molecule has 9 heteroatoms. The van der Waals surface area contributed by atoms with Crippen LogP contribution in [0.5, 0.6) is 0 Å². The lowest BCUT2D eigenvalue weighted by Gasteiger charge is -2.15. The third-order valence-corrected chi connectivity index (χ3v) is 4.35. The molecule has 1 aromatic heterocycles. The van der Waals surface area contributed by atoms with Gasteiger partial charge in [-0.15, -0.1) is 11.8 Å². The Hall–Kier alpha value is -2.36. The highest BCUT2D eigenvalue weighted by molar-refractivity contribution is 7.98. The van der Waals surface area contributed by atoms with Gasteiger partial charge < -0.3 is 25.4 Å². The summed E-state index contributed by atoms with van der Waals surface area (Å²) in [5.74, 6) is -1.09. The molecule has 0 fully saturated rings. The van der Waals surface area contributed by atoms with Crippen LogP contribution in [0.3, 0.4) is 0 Å². The molecule has 1 unspecified atom stereocenters. The van der Waals surface area contributed by atoms with Gasteiger partial charge in [0.2, 0.25) is 0 Å². The molecule has 0 aliphatic heterocycles. The summed E-state index contributed by atoms with van der Waals surface area (Å²) < 4.78 is 15.4. The Morgan fingerprint density at radius 2 is 2.08 bits per heavy atom. The minimum absolute atomic E-state index is 0.102. The number of aromatic nitrogens is 1. The molecule has 140 valence electrons. The van der Waals surface area contributed by atoms with Crippen LogP contribution >= 0.6 is 11.8 Å². The number of thioether (sulfide) groups is 1. The maximum Gasteiger partial charge on any atom is 0.254 e. The van der Waals surface area contributed by atoms with Gasteiger partial charge in [-0.2, -0.15) is 0 Å². The molecule has 4 N–H and O–H groups in total. The lowest BCUT2D eigenvalue weighted by molar-refractivity contribution is 0.0802. The van der Waals surface area contributed by atoms with E-state index in [9.17, 15) is 19.1 Å². The Morgan fingerprint density at radius 1 is 1.35 bits per heavy atom. The highest BCUT2D eigenvalue weighted by Gasteiger charge is 2.16. The SMILES string of the molecule is CSc1ccc(Nc2cc(=O)n(C)cc2C(=O)NCC(O)CO)c(F)c1. The first-order valence-electron chi connectivity index (χ1n) is 7.74. The topological polar surface area (TPSA) is 104 Å². The Kier molecular flexibility index (Phi) is 6.78.